The first-order valence-corrected chi connectivity index (χ1v) is 5.31. The van der Waals surface area contributed by atoms with Gasteiger partial charge in [0.15, 0.2) is 0 Å². The lowest BCUT2D eigenvalue weighted by Crippen LogP contribution is -2.01. The molecule has 0 saturated heterocycles. The second kappa shape index (κ2) is 3.29. The highest BCUT2D eigenvalue weighted by Crippen LogP contribution is 2.33. The van der Waals surface area contributed by atoms with Crippen molar-refractivity contribution in [1.82, 2.24) is 0 Å². The van der Waals surface area contributed by atoms with Crippen LogP contribution >= 0.6 is 22.9 Å². The molecule has 13 heavy (non-hydrogen) atoms. The molecule has 0 saturated carbocycles. The molecule has 1 aromatic carbocycles. The summed E-state index contributed by atoms with van der Waals surface area (Å²) in [7, 11) is 0. The molecule has 0 bridgehead atoms. The monoisotopic (exact) mass is 211 g/mol. The van der Waals surface area contributed by atoms with Crippen molar-refractivity contribution >= 4 is 33.0 Å². The minimum Gasteiger partial charge on any atom is -0.324 e. The summed E-state index contributed by atoms with van der Waals surface area (Å²) in [6.45, 7) is 1.98. The number of rotatable bonds is 1. The summed E-state index contributed by atoms with van der Waals surface area (Å²) < 4.78 is 1.21. The first-order chi connectivity index (χ1) is 6.18. The van der Waals surface area contributed by atoms with Crippen molar-refractivity contribution in [3.8, 4) is 0 Å². The topological polar surface area (TPSA) is 26.0 Å². The van der Waals surface area contributed by atoms with Gasteiger partial charge in [0.2, 0.25) is 0 Å². The van der Waals surface area contributed by atoms with E-state index in [0.717, 1.165) is 10.4 Å². The van der Waals surface area contributed by atoms with Gasteiger partial charge >= 0.3 is 0 Å². The van der Waals surface area contributed by atoms with E-state index in [4.69, 9.17) is 17.3 Å². The van der Waals surface area contributed by atoms with Gasteiger partial charge in [-0.25, -0.2) is 0 Å². The van der Waals surface area contributed by atoms with E-state index in [-0.39, 0.29) is 6.04 Å². The van der Waals surface area contributed by atoms with Crippen LogP contribution < -0.4 is 5.73 Å². The Morgan fingerprint density at radius 3 is 2.85 bits per heavy atom. The van der Waals surface area contributed by atoms with Crippen LogP contribution in [0.2, 0.25) is 5.02 Å². The molecule has 2 aromatic rings. The molecular weight excluding hydrogens is 202 g/mol. The second-order valence-corrected chi connectivity index (χ2v) is 4.61. The number of halogens is 1. The van der Waals surface area contributed by atoms with Gasteiger partial charge in [0.1, 0.15) is 0 Å². The Labute approximate surface area is 86.1 Å². The Hall–Kier alpha value is -0.570. The summed E-state index contributed by atoms with van der Waals surface area (Å²) in [6.07, 6.45) is 0. The van der Waals surface area contributed by atoms with Crippen LogP contribution in [0.1, 0.15) is 17.8 Å². The lowest BCUT2D eigenvalue weighted by atomic mass is 10.2. The zero-order valence-electron chi connectivity index (χ0n) is 7.25. The van der Waals surface area contributed by atoms with Crippen molar-refractivity contribution in [3.05, 3.63) is 34.2 Å². The molecule has 3 heteroatoms. The van der Waals surface area contributed by atoms with Crippen LogP contribution in [-0.4, -0.2) is 0 Å². The van der Waals surface area contributed by atoms with E-state index in [9.17, 15) is 0 Å². The quantitative estimate of drug-likeness (QED) is 0.767. The van der Waals surface area contributed by atoms with E-state index in [0.29, 0.717) is 0 Å². The second-order valence-electron chi connectivity index (χ2n) is 3.09. The van der Waals surface area contributed by atoms with Gasteiger partial charge in [-0.2, -0.15) is 0 Å². The van der Waals surface area contributed by atoms with E-state index >= 15 is 0 Å². The molecule has 0 spiro atoms. The average Bonchev–Trinajstić information content (AvgIpc) is 2.49. The van der Waals surface area contributed by atoms with Gasteiger partial charge in [-0.3, -0.25) is 0 Å². The van der Waals surface area contributed by atoms with Gasteiger partial charge < -0.3 is 5.73 Å². The summed E-state index contributed by atoms with van der Waals surface area (Å²) in [4.78, 5) is 1.18. The van der Waals surface area contributed by atoms with Crippen LogP contribution in [0.25, 0.3) is 10.1 Å². The van der Waals surface area contributed by atoms with Crippen molar-refractivity contribution < 1.29 is 0 Å². The van der Waals surface area contributed by atoms with E-state index < -0.39 is 0 Å². The van der Waals surface area contributed by atoms with Gasteiger partial charge in [-0.1, -0.05) is 17.7 Å². The molecule has 1 unspecified atom stereocenters. The Morgan fingerprint density at radius 2 is 2.23 bits per heavy atom. The Balaban J connectivity index is 2.68. The summed E-state index contributed by atoms with van der Waals surface area (Å²) in [5.41, 5.74) is 5.79. The fourth-order valence-corrected chi connectivity index (χ4v) is 2.60. The van der Waals surface area contributed by atoms with E-state index in [1.165, 1.54) is 9.58 Å². The van der Waals surface area contributed by atoms with Gasteiger partial charge in [-0.05, 0) is 25.1 Å². The van der Waals surface area contributed by atoms with Crippen molar-refractivity contribution in [2.24, 2.45) is 5.73 Å². The van der Waals surface area contributed by atoms with Crippen LogP contribution in [0.4, 0.5) is 0 Å². The molecule has 2 rings (SSSR count). The molecule has 1 nitrogen and oxygen atoms in total. The van der Waals surface area contributed by atoms with Gasteiger partial charge in [0.25, 0.3) is 0 Å². The predicted molar refractivity (Wildman–Crippen MR) is 59.4 cm³/mol. The standard InChI is InChI=1S/C10H10ClNS/c1-6(12)10-5-7-8(11)3-2-4-9(7)13-10/h2-6H,12H2,1H3. The molecule has 1 aromatic heterocycles. The van der Waals surface area contributed by atoms with Crippen molar-refractivity contribution in [3.63, 3.8) is 0 Å². The maximum atomic E-state index is 6.04. The molecule has 0 fully saturated rings. The predicted octanol–water partition coefficient (Wildman–Crippen LogP) is 3.57. The molecule has 1 atom stereocenters. The molecule has 2 N–H and O–H groups in total. The highest BCUT2D eigenvalue weighted by Gasteiger charge is 2.06. The zero-order chi connectivity index (χ0) is 9.42. The first kappa shape index (κ1) is 9.00. The van der Waals surface area contributed by atoms with Crippen LogP contribution in [0, 0.1) is 0 Å². The number of fused-ring (bicyclic) bond motifs is 1. The molecule has 1 heterocycles. The lowest BCUT2D eigenvalue weighted by molar-refractivity contribution is 0.839. The number of nitrogens with two attached hydrogens (primary N) is 1. The van der Waals surface area contributed by atoms with Crippen molar-refractivity contribution in [2.75, 3.05) is 0 Å². The SMILES string of the molecule is CC(N)c1cc2c(Cl)cccc2s1. The summed E-state index contributed by atoms with van der Waals surface area (Å²) >= 11 is 7.75. The van der Waals surface area contributed by atoms with E-state index in [1.807, 2.05) is 19.1 Å². The molecule has 0 aliphatic rings. The maximum absolute atomic E-state index is 6.04. The highest BCUT2D eigenvalue weighted by molar-refractivity contribution is 7.19. The fourth-order valence-electron chi connectivity index (χ4n) is 1.27. The van der Waals surface area contributed by atoms with Crippen LogP contribution in [0.5, 0.6) is 0 Å². The lowest BCUT2D eigenvalue weighted by Gasteiger charge is -1.96. The summed E-state index contributed by atoms with van der Waals surface area (Å²) in [5.74, 6) is 0. The highest BCUT2D eigenvalue weighted by atomic mass is 35.5. The van der Waals surface area contributed by atoms with Crippen molar-refractivity contribution in [2.45, 2.75) is 13.0 Å². The normalized spacial score (nSPS) is 13.5. The molecule has 0 aliphatic carbocycles. The largest absolute Gasteiger partial charge is 0.324 e. The Bertz CT molecular complexity index is 433. The molecule has 0 amide bonds. The Morgan fingerprint density at radius 1 is 1.46 bits per heavy atom. The summed E-state index contributed by atoms with van der Waals surface area (Å²) in [5, 5.41) is 1.92. The van der Waals surface area contributed by atoms with Crippen LogP contribution in [0.3, 0.4) is 0 Å². The average molecular weight is 212 g/mol. The number of hydrogen-bond acceptors (Lipinski definition) is 2. The third-order valence-electron chi connectivity index (χ3n) is 1.98. The van der Waals surface area contributed by atoms with Crippen LogP contribution in [-0.2, 0) is 0 Å². The molecule has 0 radical (unpaired) electrons. The smallest absolute Gasteiger partial charge is 0.0492 e. The van der Waals surface area contributed by atoms with E-state index in [1.54, 1.807) is 11.3 Å². The zero-order valence-corrected chi connectivity index (χ0v) is 8.82. The maximum Gasteiger partial charge on any atom is 0.0492 e. The van der Waals surface area contributed by atoms with Gasteiger partial charge in [0, 0.05) is 26.0 Å². The number of thiophene rings is 1. The third-order valence-corrected chi connectivity index (χ3v) is 3.61. The Kier molecular flexibility index (Phi) is 2.28. The molecular formula is C10H10ClNS. The number of hydrogen-bond donors (Lipinski definition) is 1. The third kappa shape index (κ3) is 1.57. The summed E-state index contributed by atoms with van der Waals surface area (Å²) in [6, 6.07) is 8.10. The van der Waals surface area contributed by atoms with Crippen molar-refractivity contribution in [1.29, 1.82) is 0 Å². The minimum absolute atomic E-state index is 0.0912. The first-order valence-electron chi connectivity index (χ1n) is 4.12. The van der Waals surface area contributed by atoms with Gasteiger partial charge in [-0.15, -0.1) is 11.3 Å². The van der Waals surface area contributed by atoms with Crippen LogP contribution in [0.15, 0.2) is 24.3 Å². The minimum atomic E-state index is 0.0912. The van der Waals surface area contributed by atoms with Gasteiger partial charge in [0.05, 0.1) is 0 Å². The molecule has 0 aliphatic heterocycles. The van der Waals surface area contributed by atoms with E-state index in [2.05, 4.69) is 12.1 Å². The fraction of sp³-hybridized carbons (Fsp3) is 0.200. The number of benzene rings is 1. The molecule has 68 valence electrons.